The third-order valence-electron chi connectivity index (χ3n) is 4.16. The summed E-state index contributed by atoms with van der Waals surface area (Å²) in [6.45, 7) is 4.13. The summed E-state index contributed by atoms with van der Waals surface area (Å²) in [6.07, 6.45) is 3.63. The van der Waals surface area contributed by atoms with Gasteiger partial charge in [-0.05, 0) is 47.9 Å². The van der Waals surface area contributed by atoms with Gasteiger partial charge in [-0.15, -0.1) is 6.58 Å². The van der Waals surface area contributed by atoms with E-state index >= 15 is 0 Å². The van der Waals surface area contributed by atoms with Gasteiger partial charge in [0.1, 0.15) is 12.2 Å². The molecule has 0 amide bonds. The van der Waals surface area contributed by atoms with Gasteiger partial charge in [0.15, 0.2) is 11.5 Å². The number of carbonyl (C=O) groups is 2. The molecule has 0 spiro atoms. The van der Waals surface area contributed by atoms with E-state index < -0.39 is 11.9 Å². The molecule has 0 atom stereocenters. The van der Waals surface area contributed by atoms with Crippen molar-refractivity contribution < 1.29 is 28.5 Å². The van der Waals surface area contributed by atoms with Crippen molar-refractivity contribution in [1.29, 1.82) is 0 Å². The lowest BCUT2D eigenvalue weighted by molar-refractivity contribution is -0.143. The van der Waals surface area contributed by atoms with Crippen LogP contribution in [0.2, 0.25) is 0 Å². The largest absolute Gasteiger partial charge is 0.493 e. The molecule has 0 aromatic heterocycles. The monoisotopic (exact) mass is 474 g/mol. The highest BCUT2D eigenvalue weighted by molar-refractivity contribution is 9.10. The van der Waals surface area contributed by atoms with E-state index in [-0.39, 0.29) is 5.57 Å². The standard InChI is InChI=1S/C23H23BrO6/c1-5-6-17-11-16(12-19(22(25)28-3)23(26)29-4)13-20(27-2)21(17)30-14-15-7-9-18(24)10-8-15/h5,7-13H,1,6,14H2,2-4H3. The molecule has 0 fully saturated rings. The van der Waals surface area contributed by atoms with Gasteiger partial charge in [-0.2, -0.15) is 0 Å². The van der Waals surface area contributed by atoms with E-state index in [0.717, 1.165) is 15.6 Å². The van der Waals surface area contributed by atoms with Gasteiger partial charge in [0, 0.05) is 10.0 Å². The number of carbonyl (C=O) groups excluding carboxylic acids is 2. The van der Waals surface area contributed by atoms with Gasteiger partial charge in [0.05, 0.1) is 21.3 Å². The Balaban J connectivity index is 2.45. The third-order valence-corrected chi connectivity index (χ3v) is 4.68. The number of halogens is 1. The van der Waals surface area contributed by atoms with Crippen molar-refractivity contribution in [2.45, 2.75) is 13.0 Å². The molecule has 0 aliphatic rings. The van der Waals surface area contributed by atoms with Crippen LogP contribution in [0.25, 0.3) is 6.08 Å². The lowest BCUT2D eigenvalue weighted by Crippen LogP contribution is -2.15. The molecule has 158 valence electrons. The Labute approximate surface area is 184 Å². The summed E-state index contributed by atoms with van der Waals surface area (Å²) in [4.78, 5) is 23.9. The van der Waals surface area contributed by atoms with Gasteiger partial charge < -0.3 is 18.9 Å². The maximum absolute atomic E-state index is 12.0. The summed E-state index contributed by atoms with van der Waals surface area (Å²) in [5, 5.41) is 0. The Morgan fingerprint density at radius 2 is 1.67 bits per heavy atom. The number of ether oxygens (including phenoxy) is 4. The predicted molar refractivity (Wildman–Crippen MR) is 117 cm³/mol. The highest BCUT2D eigenvalue weighted by atomic mass is 79.9. The maximum Gasteiger partial charge on any atom is 0.345 e. The summed E-state index contributed by atoms with van der Waals surface area (Å²) in [6, 6.07) is 11.3. The first kappa shape index (κ1) is 23.2. The van der Waals surface area contributed by atoms with Crippen LogP contribution >= 0.6 is 15.9 Å². The molecule has 2 aromatic carbocycles. The number of esters is 2. The quantitative estimate of drug-likeness (QED) is 0.175. The van der Waals surface area contributed by atoms with Crippen molar-refractivity contribution in [1.82, 2.24) is 0 Å². The van der Waals surface area contributed by atoms with Crippen LogP contribution in [0.5, 0.6) is 11.5 Å². The zero-order chi connectivity index (χ0) is 22.1. The number of hydrogen-bond donors (Lipinski definition) is 0. The lowest BCUT2D eigenvalue weighted by Gasteiger charge is -2.16. The van der Waals surface area contributed by atoms with Crippen LogP contribution in [0.15, 0.2) is 59.1 Å². The second kappa shape index (κ2) is 11.2. The molecule has 0 saturated carbocycles. The number of hydrogen-bond acceptors (Lipinski definition) is 6. The summed E-state index contributed by atoms with van der Waals surface area (Å²) >= 11 is 3.41. The fourth-order valence-corrected chi connectivity index (χ4v) is 2.98. The molecule has 0 bridgehead atoms. The number of benzene rings is 2. The Bertz CT molecular complexity index is 929. The second-order valence-electron chi connectivity index (χ2n) is 6.16. The number of methoxy groups -OCH3 is 3. The fourth-order valence-electron chi connectivity index (χ4n) is 2.71. The van der Waals surface area contributed by atoms with E-state index in [2.05, 4.69) is 32.0 Å². The van der Waals surface area contributed by atoms with Gasteiger partial charge in [0.25, 0.3) is 0 Å². The van der Waals surface area contributed by atoms with Crippen molar-refractivity contribution in [2.24, 2.45) is 0 Å². The Morgan fingerprint density at radius 3 is 2.20 bits per heavy atom. The number of rotatable bonds is 9. The summed E-state index contributed by atoms with van der Waals surface area (Å²) in [7, 11) is 3.92. The molecule has 2 aromatic rings. The predicted octanol–water partition coefficient (Wildman–Crippen LogP) is 4.49. The molecular formula is C23H23BrO6. The molecular weight excluding hydrogens is 452 g/mol. The zero-order valence-electron chi connectivity index (χ0n) is 17.1. The minimum Gasteiger partial charge on any atom is -0.493 e. The third kappa shape index (κ3) is 5.97. The average molecular weight is 475 g/mol. The molecule has 6 nitrogen and oxygen atoms in total. The van der Waals surface area contributed by atoms with Crippen LogP contribution in [0.4, 0.5) is 0 Å². The van der Waals surface area contributed by atoms with Crippen molar-refractivity contribution in [2.75, 3.05) is 21.3 Å². The van der Waals surface area contributed by atoms with Crippen LogP contribution < -0.4 is 9.47 Å². The zero-order valence-corrected chi connectivity index (χ0v) is 18.7. The van der Waals surface area contributed by atoms with Gasteiger partial charge in [-0.1, -0.05) is 34.1 Å². The first-order valence-electron chi connectivity index (χ1n) is 9.00. The molecule has 0 radical (unpaired) electrons. The smallest absolute Gasteiger partial charge is 0.345 e. The number of allylic oxidation sites excluding steroid dienone is 1. The van der Waals surface area contributed by atoms with Crippen molar-refractivity contribution in [3.05, 3.63) is 75.8 Å². The topological polar surface area (TPSA) is 71.1 Å². The van der Waals surface area contributed by atoms with Crippen molar-refractivity contribution in [3.8, 4) is 11.5 Å². The van der Waals surface area contributed by atoms with E-state index in [1.165, 1.54) is 27.4 Å². The Kier molecular flexibility index (Phi) is 8.68. The van der Waals surface area contributed by atoms with Gasteiger partial charge in [-0.3, -0.25) is 0 Å². The highest BCUT2D eigenvalue weighted by Gasteiger charge is 2.21. The molecule has 0 N–H and O–H groups in total. The Hall–Kier alpha value is -3.06. The normalized spacial score (nSPS) is 10.0. The first-order valence-corrected chi connectivity index (χ1v) is 9.80. The molecule has 0 heterocycles. The molecule has 0 unspecified atom stereocenters. The molecule has 30 heavy (non-hydrogen) atoms. The highest BCUT2D eigenvalue weighted by Crippen LogP contribution is 2.35. The molecule has 0 aliphatic heterocycles. The summed E-state index contributed by atoms with van der Waals surface area (Å²) in [5.74, 6) is -0.551. The SMILES string of the molecule is C=CCc1cc(C=C(C(=O)OC)C(=O)OC)cc(OC)c1OCc1ccc(Br)cc1. The van der Waals surface area contributed by atoms with Crippen molar-refractivity contribution in [3.63, 3.8) is 0 Å². The van der Waals surface area contributed by atoms with Crippen LogP contribution in [0.3, 0.4) is 0 Å². The van der Waals surface area contributed by atoms with Crippen LogP contribution in [0.1, 0.15) is 16.7 Å². The molecule has 0 saturated heterocycles. The minimum atomic E-state index is -0.790. The lowest BCUT2D eigenvalue weighted by atomic mass is 10.0. The van der Waals surface area contributed by atoms with Crippen LogP contribution in [-0.2, 0) is 32.1 Å². The molecule has 0 aliphatic carbocycles. The minimum absolute atomic E-state index is 0.227. The summed E-state index contributed by atoms with van der Waals surface area (Å²) in [5.41, 5.74) is 2.12. The van der Waals surface area contributed by atoms with Gasteiger partial charge in [0.2, 0.25) is 0 Å². The fraction of sp³-hybridized carbons (Fsp3) is 0.217. The van der Waals surface area contributed by atoms with E-state index in [4.69, 9.17) is 9.47 Å². The molecule has 2 rings (SSSR count). The first-order chi connectivity index (χ1) is 14.4. The van der Waals surface area contributed by atoms with Crippen LogP contribution in [-0.4, -0.2) is 33.3 Å². The van der Waals surface area contributed by atoms with E-state index in [9.17, 15) is 9.59 Å². The van der Waals surface area contributed by atoms with E-state index in [1.54, 1.807) is 18.2 Å². The average Bonchev–Trinajstić information content (AvgIpc) is 2.76. The van der Waals surface area contributed by atoms with E-state index in [0.29, 0.717) is 30.1 Å². The second-order valence-corrected chi connectivity index (χ2v) is 7.08. The van der Waals surface area contributed by atoms with Crippen molar-refractivity contribution >= 4 is 33.9 Å². The maximum atomic E-state index is 12.0. The van der Waals surface area contributed by atoms with Crippen LogP contribution in [0, 0.1) is 0 Å². The molecule has 7 heteroatoms. The Morgan fingerprint density at radius 1 is 1.03 bits per heavy atom. The summed E-state index contributed by atoms with van der Waals surface area (Å²) < 4.78 is 21.9. The van der Waals surface area contributed by atoms with Gasteiger partial charge >= 0.3 is 11.9 Å². The van der Waals surface area contributed by atoms with E-state index in [1.807, 2.05) is 24.3 Å². The van der Waals surface area contributed by atoms with Gasteiger partial charge in [-0.25, -0.2) is 9.59 Å².